The SMILES string of the molecule is COCOCC1C2CC1(COC(C)=O)C2. The van der Waals surface area contributed by atoms with Gasteiger partial charge in [-0.25, -0.2) is 0 Å². The number of esters is 1. The molecule has 0 aromatic rings. The molecule has 1 atom stereocenters. The number of carbonyl (C=O) groups is 1. The summed E-state index contributed by atoms with van der Waals surface area (Å²) in [5.41, 5.74) is 0.240. The van der Waals surface area contributed by atoms with Crippen LogP contribution < -0.4 is 0 Å². The van der Waals surface area contributed by atoms with E-state index in [2.05, 4.69) is 0 Å². The zero-order chi connectivity index (χ0) is 10.9. The first-order valence-corrected chi connectivity index (χ1v) is 5.38. The van der Waals surface area contributed by atoms with Crippen molar-refractivity contribution in [2.45, 2.75) is 19.8 Å². The topological polar surface area (TPSA) is 44.8 Å². The number of ether oxygens (including phenoxy) is 3. The van der Waals surface area contributed by atoms with E-state index in [-0.39, 0.29) is 11.4 Å². The summed E-state index contributed by atoms with van der Waals surface area (Å²) in [5, 5.41) is 0. The molecule has 4 heteroatoms. The number of hydrogen-bond donors (Lipinski definition) is 0. The van der Waals surface area contributed by atoms with Crippen molar-refractivity contribution < 1.29 is 19.0 Å². The van der Waals surface area contributed by atoms with Crippen LogP contribution in [0.25, 0.3) is 0 Å². The van der Waals surface area contributed by atoms with E-state index in [0.717, 1.165) is 12.5 Å². The van der Waals surface area contributed by atoms with Crippen molar-refractivity contribution >= 4 is 5.97 Å². The molecule has 86 valence electrons. The lowest BCUT2D eigenvalue weighted by Gasteiger charge is -2.67. The Morgan fingerprint density at radius 3 is 2.67 bits per heavy atom. The molecule has 3 fully saturated rings. The van der Waals surface area contributed by atoms with Crippen LogP contribution >= 0.6 is 0 Å². The Kier molecular flexibility index (Phi) is 2.98. The second kappa shape index (κ2) is 4.10. The summed E-state index contributed by atoms with van der Waals surface area (Å²) in [5.74, 6) is 1.18. The highest BCUT2D eigenvalue weighted by molar-refractivity contribution is 5.66. The van der Waals surface area contributed by atoms with Crippen LogP contribution in [-0.2, 0) is 19.0 Å². The van der Waals surface area contributed by atoms with Crippen LogP contribution in [0, 0.1) is 17.3 Å². The van der Waals surface area contributed by atoms with E-state index in [0.29, 0.717) is 19.3 Å². The van der Waals surface area contributed by atoms with Crippen LogP contribution in [-0.4, -0.2) is 33.1 Å². The fourth-order valence-corrected chi connectivity index (χ4v) is 2.79. The molecule has 15 heavy (non-hydrogen) atoms. The fraction of sp³-hybridized carbons (Fsp3) is 0.909. The van der Waals surface area contributed by atoms with Gasteiger partial charge in [-0.15, -0.1) is 0 Å². The van der Waals surface area contributed by atoms with E-state index in [1.165, 1.54) is 19.8 Å². The summed E-state index contributed by atoms with van der Waals surface area (Å²) >= 11 is 0. The van der Waals surface area contributed by atoms with Gasteiger partial charge in [0.1, 0.15) is 6.79 Å². The largest absolute Gasteiger partial charge is 0.465 e. The number of carbonyl (C=O) groups excluding carboxylic acids is 1. The molecule has 3 saturated carbocycles. The van der Waals surface area contributed by atoms with E-state index >= 15 is 0 Å². The van der Waals surface area contributed by atoms with Crippen LogP contribution in [0.4, 0.5) is 0 Å². The minimum atomic E-state index is -0.184. The van der Waals surface area contributed by atoms with Crippen LogP contribution in [0.5, 0.6) is 0 Å². The summed E-state index contributed by atoms with van der Waals surface area (Å²) in [4.78, 5) is 10.7. The number of rotatable bonds is 6. The molecule has 4 nitrogen and oxygen atoms in total. The van der Waals surface area contributed by atoms with Crippen molar-refractivity contribution in [3.05, 3.63) is 0 Å². The van der Waals surface area contributed by atoms with Gasteiger partial charge in [-0.2, -0.15) is 0 Å². The van der Waals surface area contributed by atoms with Crippen molar-refractivity contribution in [1.29, 1.82) is 0 Å². The van der Waals surface area contributed by atoms with Crippen LogP contribution in [0.15, 0.2) is 0 Å². The second-order valence-corrected chi connectivity index (χ2v) is 4.69. The monoisotopic (exact) mass is 214 g/mol. The lowest BCUT2D eigenvalue weighted by atomic mass is 9.38. The summed E-state index contributed by atoms with van der Waals surface area (Å²) in [6, 6.07) is 0. The van der Waals surface area contributed by atoms with Crippen molar-refractivity contribution in [3.63, 3.8) is 0 Å². The first-order valence-electron chi connectivity index (χ1n) is 5.38. The Balaban J connectivity index is 1.71. The van der Waals surface area contributed by atoms with Gasteiger partial charge < -0.3 is 14.2 Å². The lowest BCUT2D eigenvalue weighted by Crippen LogP contribution is -2.65. The molecular weight excluding hydrogens is 196 g/mol. The minimum absolute atomic E-state index is 0.184. The Morgan fingerprint density at radius 1 is 1.47 bits per heavy atom. The Labute approximate surface area is 89.9 Å². The molecule has 1 unspecified atom stereocenters. The summed E-state index contributed by atoms with van der Waals surface area (Å²) in [6.07, 6.45) is 2.39. The summed E-state index contributed by atoms with van der Waals surface area (Å²) < 4.78 is 15.3. The predicted molar refractivity (Wildman–Crippen MR) is 53.1 cm³/mol. The van der Waals surface area contributed by atoms with Gasteiger partial charge in [0.15, 0.2) is 0 Å². The maximum absolute atomic E-state index is 10.7. The predicted octanol–water partition coefficient (Wildman–Crippen LogP) is 1.20. The fourth-order valence-electron chi connectivity index (χ4n) is 2.79. The second-order valence-electron chi connectivity index (χ2n) is 4.69. The highest BCUT2D eigenvalue weighted by atomic mass is 16.7. The highest BCUT2D eigenvalue weighted by Crippen LogP contribution is 2.68. The van der Waals surface area contributed by atoms with E-state index in [1.807, 2.05) is 0 Å². The molecule has 0 aliphatic heterocycles. The molecule has 0 heterocycles. The van der Waals surface area contributed by atoms with E-state index in [4.69, 9.17) is 14.2 Å². The average molecular weight is 214 g/mol. The Bertz CT molecular complexity index is 245. The van der Waals surface area contributed by atoms with Crippen molar-refractivity contribution in [1.82, 2.24) is 0 Å². The quantitative estimate of drug-likeness (QED) is 0.378. The number of hydrogen-bond acceptors (Lipinski definition) is 4. The third kappa shape index (κ3) is 1.88. The molecule has 0 aromatic heterocycles. The van der Waals surface area contributed by atoms with Gasteiger partial charge in [0.05, 0.1) is 13.2 Å². The molecule has 3 aliphatic rings. The first-order chi connectivity index (χ1) is 7.18. The van der Waals surface area contributed by atoms with E-state index in [1.54, 1.807) is 7.11 Å². The normalized spacial score (nSPS) is 36.7. The third-order valence-electron chi connectivity index (χ3n) is 3.75. The molecule has 0 aromatic carbocycles. The summed E-state index contributed by atoms with van der Waals surface area (Å²) in [6.45, 7) is 3.12. The molecular formula is C11H18O4. The Hall–Kier alpha value is -0.610. The standard InChI is InChI=1S/C11H18O4/c1-8(12)15-6-11-3-9(4-11)10(11)5-14-7-13-2/h9-10H,3-7H2,1-2H3. The maximum Gasteiger partial charge on any atom is 0.302 e. The minimum Gasteiger partial charge on any atom is -0.465 e. The number of methoxy groups -OCH3 is 1. The zero-order valence-corrected chi connectivity index (χ0v) is 9.32. The van der Waals surface area contributed by atoms with Crippen molar-refractivity contribution in [2.75, 3.05) is 27.1 Å². The molecule has 2 bridgehead atoms. The van der Waals surface area contributed by atoms with Gasteiger partial charge in [-0.1, -0.05) is 0 Å². The maximum atomic E-state index is 10.7. The Morgan fingerprint density at radius 2 is 2.20 bits per heavy atom. The van der Waals surface area contributed by atoms with E-state index < -0.39 is 0 Å². The van der Waals surface area contributed by atoms with Gasteiger partial charge >= 0.3 is 5.97 Å². The summed E-state index contributed by atoms with van der Waals surface area (Å²) in [7, 11) is 1.62. The molecule has 0 radical (unpaired) electrons. The average Bonchev–Trinajstić information content (AvgIpc) is 2.09. The zero-order valence-electron chi connectivity index (χ0n) is 9.32. The molecule has 3 rings (SSSR count). The van der Waals surface area contributed by atoms with Gasteiger partial charge in [-0.05, 0) is 24.7 Å². The van der Waals surface area contributed by atoms with Gasteiger partial charge in [0.25, 0.3) is 0 Å². The van der Waals surface area contributed by atoms with Crippen molar-refractivity contribution in [2.24, 2.45) is 17.3 Å². The highest BCUT2D eigenvalue weighted by Gasteiger charge is 2.65. The van der Waals surface area contributed by atoms with Crippen LogP contribution in [0.1, 0.15) is 19.8 Å². The van der Waals surface area contributed by atoms with Crippen molar-refractivity contribution in [3.8, 4) is 0 Å². The van der Waals surface area contributed by atoms with Crippen LogP contribution in [0.3, 0.4) is 0 Å². The van der Waals surface area contributed by atoms with Crippen LogP contribution in [0.2, 0.25) is 0 Å². The molecule has 0 spiro atoms. The smallest absolute Gasteiger partial charge is 0.302 e. The molecule has 0 amide bonds. The molecule has 3 aliphatic carbocycles. The first kappa shape index (κ1) is 10.9. The van der Waals surface area contributed by atoms with Gasteiger partial charge in [0.2, 0.25) is 0 Å². The third-order valence-corrected chi connectivity index (χ3v) is 3.75. The van der Waals surface area contributed by atoms with Gasteiger partial charge in [0, 0.05) is 19.4 Å². The van der Waals surface area contributed by atoms with Gasteiger partial charge in [-0.3, -0.25) is 4.79 Å². The lowest BCUT2D eigenvalue weighted by molar-refractivity contribution is -0.244. The molecule has 0 saturated heterocycles. The molecule has 0 N–H and O–H groups in total. The van der Waals surface area contributed by atoms with E-state index in [9.17, 15) is 4.79 Å².